The number of rotatable bonds is 11. The van der Waals surface area contributed by atoms with Crippen LogP contribution in [-0.4, -0.2) is 21.6 Å². The Morgan fingerprint density at radius 2 is 1.58 bits per heavy atom. The highest BCUT2D eigenvalue weighted by Gasteiger charge is 2.17. The van der Waals surface area contributed by atoms with Crippen LogP contribution in [0.4, 0.5) is 0 Å². The van der Waals surface area contributed by atoms with Crippen LogP contribution in [0.5, 0.6) is 17.2 Å². The predicted molar refractivity (Wildman–Crippen MR) is 121 cm³/mol. The van der Waals surface area contributed by atoms with Gasteiger partial charge in [0.1, 0.15) is 28.8 Å². The third-order valence-corrected chi connectivity index (χ3v) is 5.77. The van der Waals surface area contributed by atoms with E-state index in [1.165, 1.54) is 12.1 Å². The van der Waals surface area contributed by atoms with E-state index in [4.69, 9.17) is 13.7 Å². The van der Waals surface area contributed by atoms with Crippen LogP contribution < -0.4 is 13.7 Å². The summed E-state index contributed by atoms with van der Waals surface area (Å²) >= 11 is 0. The van der Waals surface area contributed by atoms with Gasteiger partial charge in [-0.1, -0.05) is 49.9 Å². The van der Waals surface area contributed by atoms with Gasteiger partial charge in [0.2, 0.25) is 0 Å². The SMILES string of the molecule is C=CCOc1cccc(CCOc2cc(CC)cc(OS(=O)(=O)c3ccccc3)c2)c1. The van der Waals surface area contributed by atoms with Crippen LogP contribution in [0.25, 0.3) is 0 Å². The van der Waals surface area contributed by atoms with Crippen LogP contribution in [0.3, 0.4) is 0 Å². The fraction of sp³-hybridized carbons (Fsp3) is 0.200. The molecule has 0 fully saturated rings. The molecule has 5 nitrogen and oxygen atoms in total. The fourth-order valence-corrected chi connectivity index (χ4v) is 3.90. The summed E-state index contributed by atoms with van der Waals surface area (Å²) < 4.78 is 41.9. The highest BCUT2D eigenvalue weighted by atomic mass is 32.2. The molecule has 0 aromatic heterocycles. The monoisotopic (exact) mass is 438 g/mol. The van der Waals surface area contributed by atoms with Crippen molar-refractivity contribution in [2.75, 3.05) is 13.2 Å². The zero-order valence-corrected chi connectivity index (χ0v) is 18.3. The average molecular weight is 439 g/mol. The highest BCUT2D eigenvalue weighted by molar-refractivity contribution is 7.87. The van der Waals surface area contributed by atoms with Crippen molar-refractivity contribution in [3.8, 4) is 17.2 Å². The molecule has 0 aliphatic heterocycles. The lowest BCUT2D eigenvalue weighted by Crippen LogP contribution is -2.10. The Morgan fingerprint density at radius 1 is 0.839 bits per heavy atom. The van der Waals surface area contributed by atoms with Gasteiger partial charge in [0.05, 0.1) is 6.61 Å². The quantitative estimate of drug-likeness (QED) is 0.304. The van der Waals surface area contributed by atoms with Crippen molar-refractivity contribution in [1.29, 1.82) is 0 Å². The van der Waals surface area contributed by atoms with Crippen LogP contribution in [0, 0.1) is 0 Å². The molecule has 0 bridgehead atoms. The van der Waals surface area contributed by atoms with Crippen molar-refractivity contribution in [2.45, 2.75) is 24.7 Å². The van der Waals surface area contributed by atoms with Gasteiger partial charge >= 0.3 is 10.1 Å². The molecule has 0 aliphatic rings. The second-order valence-corrected chi connectivity index (χ2v) is 8.41. The second kappa shape index (κ2) is 10.7. The molecule has 31 heavy (non-hydrogen) atoms. The summed E-state index contributed by atoms with van der Waals surface area (Å²) in [5.41, 5.74) is 2.01. The molecule has 0 spiro atoms. The van der Waals surface area contributed by atoms with Gasteiger partial charge in [0, 0.05) is 12.5 Å². The van der Waals surface area contributed by atoms with E-state index < -0.39 is 10.1 Å². The standard InChI is InChI=1S/C25H26O5S/c1-3-14-28-22-10-8-9-21(18-22)13-15-29-23-16-20(4-2)17-24(19-23)30-31(26,27)25-11-6-5-7-12-25/h3,5-12,16-19H,1,4,13-15H2,2H3. The molecule has 0 N–H and O–H groups in total. The average Bonchev–Trinajstić information content (AvgIpc) is 2.78. The Balaban J connectivity index is 1.67. The summed E-state index contributed by atoms with van der Waals surface area (Å²) in [7, 11) is -3.91. The maximum Gasteiger partial charge on any atom is 0.339 e. The Labute approximate surface area is 184 Å². The predicted octanol–water partition coefficient (Wildman–Crippen LogP) is 5.20. The van der Waals surface area contributed by atoms with Gasteiger partial charge in [-0.05, 0) is 53.9 Å². The van der Waals surface area contributed by atoms with E-state index in [0.717, 1.165) is 23.3 Å². The second-order valence-electron chi connectivity index (χ2n) is 6.86. The molecule has 3 aromatic rings. The Hall–Kier alpha value is -3.25. The number of hydrogen-bond donors (Lipinski definition) is 0. The topological polar surface area (TPSA) is 61.8 Å². The number of benzene rings is 3. The van der Waals surface area contributed by atoms with E-state index in [9.17, 15) is 8.42 Å². The molecule has 0 radical (unpaired) electrons. The minimum absolute atomic E-state index is 0.109. The first-order chi connectivity index (χ1) is 15.0. The van der Waals surface area contributed by atoms with Crippen LogP contribution >= 0.6 is 0 Å². The van der Waals surface area contributed by atoms with Crippen molar-refractivity contribution in [1.82, 2.24) is 0 Å². The first kappa shape index (κ1) is 22.4. The van der Waals surface area contributed by atoms with Gasteiger partial charge in [-0.2, -0.15) is 8.42 Å². The van der Waals surface area contributed by atoms with Crippen LogP contribution in [-0.2, 0) is 23.0 Å². The van der Waals surface area contributed by atoms with Crippen LogP contribution in [0.15, 0.2) is 90.3 Å². The summed E-state index contributed by atoms with van der Waals surface area (Å²) in [6, 6.07) is 21.1. The third kappa shape index (κ3) is 6.62. The van der Waals surface area contributed by atoms with E-state index >= 15 is 0 Å². The smallest absolute Gasteiger partial charge is 0.339 e. The molecule has 0 aliphatic carbocycles. The number of hydrogen-bond acceptors (Lipinski definition) is 5. The largest absolute Gasteiger partial charge is 0.493 e. The molecule has 0 saturated heterocycles. The van der Waals surface area contributed by atoms with Crippen LogP contribution in [0.2, 0.25) is 0 Å². The van der Waals surface area contributed by atoms with Gasteiger partial charge in [-0.3, -0.25) is 0 Å². The van der Waals surface area contributed by atoms with Crippen molar-refractivity contribution < 1.29 is 22.1 Å². The van der Waals surface area contributed by atoms with E-state index in [1.807, 2.05) is 37.3 Å². The first-order valence-corrected chi connectivity index (χ1v) is 11.5. The maximum atomic E-state index is 12.5. The molecular weight excluding hydrogens is 412 g/mol. The van der Waals surface area contributed by atoms with E-state index in [-0.39, 0.29) is 10.6 Å². The molecule has 0 saturated carbocycles. The molecule has 0 heterocycles. The lowest BCUT2D eigenvalue weighted by atomic mass is 10.1. The van der Waals surface area contributed by atoms with Crippen molar-refractivity contribution >= 4 is 10.1 Å². The van der Waals surface area contributed by atoms with Gasteiger partial charge in [-0.25, -0.2) is 0 Å². The van der Waals surface area contributed by atoms with Crippen molar-refractivity contribution in [2.24, 2.45) is 0 Å². The summed E-state index contributed by atoms with van der Waals surface area (Å²) in [6.07, 6.45) is 3.11. The number of aryl methyl sites for hydroxylation is 1. The third-order valence-electron chi connectivity index (χ3n) is 4.51. The summed E-state index contributed by atoms with van der Waals surface area (Å²) in [5, 5.41) is 0. The minimum Gasteiger partial charge on any atom is -0.493 e. The zero-order valence-electron chi connectivity index (χ0n) is 17.5. The highest BCUT2D eigenvalue weighted by Crippen LogP contribution is 2.26. The lowest BCUT2D eigenvalue weighted by Gasteiger charge is -2.12. The van der Waals surface area contributed by atoms with Crippen molar-refractivity contribution in [3.63, 3.8) is 0 Å². The molecule has 0 atom stereocenters. The normalized spacial score (nSPS) is 11.0. The zero-order chi connectivity index (χ0) is 22.1. The van der Waals surface area contributed by atoms with E-state index in [2.05, 4.69) is 6.58 Å². The van der Waals surface area contributed by atoms with Crippen molar-refractivity contribution in [3.05, 3.63) is 96.6 Å². The minimum atomic E-state index is -3.91. The molecule has 0 unspecified atom stereocenters. The first-order valence-electron chi connectivity index (χ1n) is 10.1. The van der Waals surface area contributed by atoms with E-state index in [1.54, 1.807) is 36.4 Å². The lowest BCUT2D eigenvalue weighted by molar-refractivity contribution is 0.320. The van der Waals surface area contributed by atoms with Gasteiger partial charge in [0.15, 0.2) is 0 Å². The molecule has 3 aromatic carbocycles. The van der Waals surface area contributed by atoms with Gasteiger partial charge < -0.3 is 13.7 Å². The fourth-order valence-electron chi connectivity index (χ4n) is 2.96. The molecule has 6 heteroatoms. The Morgan fingerprint density at radius 3 is 2.32 bits per heavy atom. The van der Waals surface area contributed by atoms with Crippen LogP contribution in [0.1, 0.15) is 18.1 Å². The molecule has 162 valence electrons. The Bertz CT molecular complexity index is 1110. The Kier molecular flexibility index (Phi) is 7.73. The van der Waals surface area contributed by atoms with Gasteiger partial charge in [-0.15, -0.1) is 0 Å². The summed E-state index contributed by atoms with van der Waals surface area (Å²) in [4.78, 5) is 0.109. The maximum absolute atomic E-state index is 12.5. The van der Waals surface area contributed by atoms with Gasteiger partial charge in [0.25, 0.3) is 0 Å². The number of ether oxygens (including phenoxy) is 2. The molecule has 3 rings (SSSR count). The summed E-state index contributed by atoms with van der Waals surface area (Å²) in [5.74, 6) is 1.59. The summed E-state index contributed by atoms with van der Waals surface area (Å²) in [6.45, 7) is 6.53. The molecular formula is C25H26O5S. The van der Waals surface area contributed by atoms with E-state index in [0.29, 0.717) is 25.4 Å². The molecule has 0 amide bonds.